The molecule has 0 aliphatic rings. The predicted molar refractivity (Wildman–Crippen MR) is 95.7 cm³/mol. The highest BCUT2D eigenvalue weighted by molar-refractivity contribution is 5.75. The number of benzene rings is 2. The quantitative estimate of drug-likeness (QED) is 0.406. The van der Waals surface area contributed by atoms with Crippen LogP contribution in [0.5, 0.6) is 11.5 Å². The molecule has 0 aromatic heterocycles. The van der Waals surface area contributed by atoms with E-state index in [1.54, 1.807) is 19.2 Å². The van der Waals surface area contributed by atoms with Crippen molar-refractivity contribution < 1.29 is 25.1 Å². The Labute approximate surface area is 147 Å². The van der Waals surface area contributed by atoms with Crippen LogP contribution >= 0.6 is 0 Å². The maximum Gasteiger partial charge on any atom is 0.211 e. The highest BCUT2D eigenvalue weighted by Gasteiger charge is 2.15. The van der Waals surface area contributed by atoms with E-state index in [9.17, 15) is 15.0 Å². The summed E-state index contributed by atoms with van der Waals surface area (Å²) in [6, 6.07) is 12.9. The third kappa shape index (κ3) is 5.48. The number of nitrogens with one attached hydrogen (secondary N) is 1. The van der Waals surface area contributed by atoms with E-state index in [0.29, 0.717) is 24.6 Å². The average Bonchev–Trinajstić information content (AvgIpc) is 2.62. The number of carbonyl (C=O) groups excluding carboxylic acids is 1. The minimum Gasteiger partial charge on any atom is -0.506 e. The van der Waals surface area contributed by atoms with Gasteiger partial charge in [0.25, 0.3) is 0 Å². The van der Waals surface area contributed by atoms with Crippen LogP contribution < -0.4 is 15.4 Å². The number of nitrogens with two attached hydrogens (primary N) is 1. The van der Waals surface area contributed by atoms with Gasteiger partial charge in [0.2, 0.25) is 6.41 Å². The van der Waals surface area contributed by atoms with Gasteiger partial charge in [-0.25, -0.2) is 0 Å². The standard InChI is InChI=1S/C19H24N2O4/c1-13(9-14-3-6-16(25-2)7-4-14)20-11-19(24)15-5-8-18(23)17(10-15)21-12-22/h3-8,10,12-13,19-20,23-24H,9,11H2,1-2H3,(H,21,22)/p+1/t13-,19-/m1/s1. The van der Waals surface area contributed by atoms with Gasteiger partial charge in [0, 0.05) is 6.42 Å². The molecular formula is C19H25N2O4+. The maximum absolute atomic E-state index is 10.5. The fourth-order valence-electron chi connectivity index (χ4n) is 2.65. The van der Waals surface area contributed by atoms with Crippen molar-refractivity contribution in [2.45, 2.75) is 25.5 Å². The van der Waals surface area contributed by atoms with Crippen molar-refractivity contribution >= 4 is 12.1 Å². The molecule has 5 N–H and O–H groups in total. The van der Waals surface area contributed by atoms with Crippen molar-refractivity contribution in [1.29, 1.82) is 0 Å². The lowest BCUT2D eigenvalue weighted by Crippen LogP contribution is -2.90. The first-order chi connectivity index (χ1) is 12.0. The van der Waals surface area contributed by atoms with E-state index >= 15 is 0 Å². The number of phenols is 1. The van der Waals surface area contributed by atoms with Crippen LogP contribution in [0.2, 0.25) is 0 Å². The summed E-state index contributed by atoms with van der Waals surface area (Å²) in [5.41, 5.74) is 2.15. The Morgan fingerprint density at radius 3 is 2.60 bits per heavy atom. The van der Waals surface area contributed by atoms with Gasteiger partial charge in [-0.3, -0.25) is 4.79 Å². The van der Waals surface area contributed by atoms with Crippen LogP contribution in [0.4, 0.5) is 5.69 Å². The summed E-state index contributed by atoms with van der Waals surface area (Å²) in [4.78, 5) is 10.5. The van der Waals surface area contributed by atoms with Crippen LogP contribution in [-0.2, 0) is 11.2 Å². The second kappa shape index (κ2) is 9.05. The number of carbonyl (C=O) groups is 1. The summed E-state index contributed by atoms with van der Waals surface area (Å²) in [5, 5.41) is 24.5. The molecule has 2 aromatic carbocycles. The van der Waals surface area contributed by atoms with Gasteiger partial charge < -0.3 is 25.6 Å². The molecule has 0 spiro atoms. The first-order valence-corrected chi connectivity index (χ1v) is 8.21. The van der Waals surface area contributed by atoms with Crippen molar-refractivity contribution in [2.24, 2.45) is 0 Å². The van der Waals surface area contributed by atoms with E-state index < -0.39 is 6.10 Å². The molecule has 0 aliphatic heterocycles. The van der Waals surface area contributed by atoms with Crippen LogP contribution in [0.15, 0.2) is 42.5 Å². The Morgan fingerprint density at radius 2 is 1.96 bits per heavy atom. The summed E-state index contributed by atoms with van der Waals surface area (Å²) in [6.07, 6.45) is 0.685. The number of aromatic hydroxyl groups is 1. The van der Waals surface area contributed by atoms with Gasteiger partial charge in [0.15, 0.2) is 0 Å². The van der Waals surface area contributed by atoms with Crippen LogP contribution in [0.3, 0.4) is 0 Å². The fraction of sp³-hybridized carbons (Fsp3) is 0.316. The van der Waals surface area contributed by atoms with E-state index in [-0.39, 0.29) is 11.4 Å². The zero-order valence-electron chi connectivity index (χ0n) is 14.5. The number of rotatable bonds is 9. The Hall–Kier alpha value is -2.57. The molecule has 6 nitrogen and oxygen atoms in total. The molecule has 0 saturated carbocycles. The minimum absolute atomic E-state index is 0.0279. The molecule has 1 amide bonds. The first-order valence-electron chi connectivity index (χ1n) is 8.21. The van der Waals surface area contributed by atoms with Gasteiger partial charge in [0.05, 0.1) is 18.8 Å². The Morgan fingerprint density at radius 1 is 1.24 bits per heavy atom. The number of methoxy groups -OCH3 is 1. The largest absolute Gasteiger partial charge is 0.506 e. The lowest BCUT2D eigenvalue weighted by Gasteiger charge is -2.16. The molecule has 2 atom stereocenters. The number of anilines is 1. The van der Waals surface area contributed by atoms with Crippen molar-refractivity contribution in [3.05, 3.63) is 53.6 Å². The van der Waals surface area contributed by atoms with E-state index in [2.05, 4.69) is 17.6 Å². The van der Waals surface area contributed by atoms with Crippen molar-refractivity contribution in [2.75, 3.05) is 19.0 Å². The lowest BCUT2D eigenvalue weighted by molar-refractivity contribution is -0.692. The van der Waals surface area contributed by atoms with Gasteiger partial charge in [-0.05, 0) is 42.3 Å². The molecule has 2 aromatic rings. The Balaban J connectivity index is 1.88. The maximum atomic E-state index is 10.5. The third-order valence-corrected chi connectivity index (χ3v) is 4.10. The molecular weight excluding hydrogens is 320 g/mol. The number of phenolic OH excluding ortho intramolecular Hbond substituents is 1. The van der Waals surface area contributed by atoms with E-state index in [0.717, 1.165) is 12.2 Å². The molecule has 6 heteroatoms. The van der Waals surface area contributed by atoms with E-state index in [1.165, 1.54) is 11.6 Å². The molecule has 134 valence electrons. The smallest absolute Gasteiger partial charge is 0.211 e. The molecule has 0 aliphatic carbocycles. The summed E-state index contributed by atoms with van der Waals surface area (Å²) in [6.45, 7) is 2.59. The number of hydrogen-bond acceptors (Lipinski definition) is 4. The monoisotopic (exact) mass is 345 g/mol. The Bertz CT molecular complexity index is 688. The van der Waals surface area contributed by atoms with Crippen LogP contribution in [-0.4, -0.2) is 36.3 Å². The SMILES string of the molecule is COc1ccc(C[C@@H](C)[NH2+]C[C@@H](O)c2ccc(O)c(NC=O)c2)cc1. The Kier molecular flexibility index (Phi) is 6.80. The number of quaternary nitrogens is 1. The van der Waals surface area contributed by atoms with Gasteiger partial charge in [-0.1, -0.05) is 18.2 Å². The molecule has 0 fully saturated rings. The van der Waals surface area contributed by atoms with Gasteiger partial charge in [0.1, 0.15) is 24.1 Å². The van der Waals surface area contributed by atoms with Gasteiger partial charge in [-0.15, -0.1) is 0 Å². The highest BCUT2D eigenvalue weighted by atomic mass is 16.5. The molecule has 0 unspecified atom stereocenters. The normalized spacial score (nSPS) is 13.1. The molecule has 0 radical (unpaired) electrons. The van der Waals surface area contributed by atoms with Crippen LogP contribution in [0, 0.1) is 0 Å². The zero-order chi connectivity index (χ0) is 18.2. The second-order valence-corrected chi connectivity index (χ2v) is 6.06. The highest BCUT2D eigenvalue weighted by Crippen LogP contribution is 2.26. The first kappa shape index (κ1) is 18.8. The average molecular weight is 345 g/mol. The van der Waals surface area contributed by atoms with E-state index in [1.807, 2.05) is 24.3 Å². The zero-order valence-corrected chi connectivity index (χ0v) is 14.5. The van der Waals surface area contributed by atoms with Crippen molar-refractivity contribution in [1.82, 2.24) is 0 Å². The second-order valence-electron chi connectivity index (χ2n) is 6.06. The number of amides is 1. The molecule has 0 heterocycles. The van der Waals surface area contributed by atoms with Crippen molar-refractivity contribution in [3.8, 4) is 11.5 Å². The minimum atomic E-state index is -0.689. The predicted octanol–water partition coefficient (Wildman–Crippen LogP) is 1.20. The van der Waals surface area contributed by atoms with Crippen LogP contribution in [0.1, 0.15) is 24.2 Å². The van der Waals surface area contributed by atoms with E-state index in [4.69, 9.17) is 4.74 Å². The van der Waals surface area contributed by atoms with Crippen molar-refractivity contribution in [3.63, 3.8) is 0 Å². The topological polar surface area (TPSA) is 95.4 Å². The van der Waals surface area contributed by atoms with Crippen LogP contribution in [0.25, 0.3) is 0 Å². The van der Waals surface area contributed by atoms with Gasteiger partial charge >= 0.3 is 0 Å². The summed E-state index contributed by atoms with van der Waals surface area (Å²) < 4.78 is 5.15. The molecule has 2 rings (SSSR count). The number of hydrogen-bond donors (Lipinski definition) is 4. The fourth-order valence-corrected chi connectivity index (χ4v) is 2.65. The van der Waals surface area contributed by atoms with Gasteiger partial charge in [-0.2, -0.15) is 0 Å². The number of aliphatic hydroxyl groups is 1. The summed E-state index contributed by atoms with van der Waals surface area (Å²) in [7, 11) is 1.64. The molecule has 25 heavy (non-hydrogen) atoms. The summed E-state index contributed by atoms with van der Waals surface area (Å²) in [5.74, 6) is 0.808. The lowest BCUT2D eigenvalue weighted by atomic mass is 10.1. The number of ether oxygens (including phenoxy) is 1. The molecule has 0 saturated heterocycles. The third-order valence-electron chi connectivity index (χ3n) is 4.10. The summed E-state index contributed by atoms with van der Waals surface area (Å²) >= 11 is 0. The molecule has 0 bridgehead atoms. The number of aliphatic hydroxyl groups excluding tert-OH is 1.